The van der Waals surface area contributed by atoms with Crippen molar-refractivity contribution in [3.05, 3.63) is 21.4 Å². The molecular weight excluding hydrogens is 414 g/mol. The zero-order valence-corrected chi connectivity index (χ0v) is 19.0. The van der Waals surface area contributed by atoms with Gasteiger partial charge in [0.25, 0.3) is 0 Å². The molecule has 2 aliphatic rings. The Kier molecular flexibility index (Phi) is 8.48. The number of nitrogens with zero attached hydrogens (tertiary/aromatic N) is 2. The van der Waals surface area contributed by atoms with Crippen LogP contribution < -0.4 is 16.4 Å². The summed E-state index contributed by atoms with van der Waals surface area (Å²) in [5, 5.41) is 14.5. The van der Waals surface area contributed by atoms with Gasteiger partial charge in [0.2, 0.25) is 5.91 Å². The van der Waals surface area contributed by atoms with Gasteiger partial charge in [-0.25, -0.2) is 9.79 Å². The van der Waals surface area contributed by atoms with E-state index < -0.39 is 6.09 Å². The second-order valence-electron chi connectivity index (χ2n) is 8.19. The highest BCUT2D eigenvalue weighted by molar-refractivity contribution is 7.13. The third-order valence-corrected chi connectivity index (χ3v) is 6.71. The molecule has 0 unspecified atom stereocenters. The highest BCUT2D eigenvalue weighted by atomic mass is 32.1. The van der Waals surface area contributed by atoms with Crippen LogP contribution >= 0.6 is 11.3 Å². The van der Waals surface area contributed by atoms with Crippen molar-refractivity contribution in [1.29, 1.82) is 0 Å². The average Bonchev–Trinajstić information content (AvgIpc) is 3.02. The summed E-state index contributed by atoms with van der Waals surface area (Å²) in [4.78, 5) is 32.6. The first-order chi connectivity index (χ1) is 15.0. The molecule has 3 heterocycles. The van der Waals surface area contributed by atoms with Gasteiger partial charge in [-0.15, -0.1) is 11.3 Å². The summed E-state index contributed by atoms with van der Waals surface area (Å²) in [6, 6.07) is 2.13. The Morgan fingerprint density at radius 1 is 1.35 bits per heavy atom. The minimum absolute atomic E-state index is 0.0449. The summed E-state index contributed by atoms with van der Waals surface area (Å²) in [7, 11) is 0. The van der Waals surface area contributed by atoms with Crippen LogP contribution in [0.15, 0.2) is 16.6 Å². The second-order valence-corrected chi connectivity index (χ2v) is 9.36. The number of carbonyl (C=O) groups excluding carboxylic acids is 1. The third-order valence-electron chi connectivity index (χ3n) is 5.62. The molecule has 0 saturated carbocycles. The molecule has 0 aliphatic carbocycles. The number of amides is 2. The Hall–Kier alpha value is -2.39. The normalized spacial score (nSPS) is 16.7. The van der Waals surface area contributed by atoms with Crippen LogP contribution in [-0.4, -0.2) is 60.6 Å². The van der Waals surface area contributed by atoms with Crippen LogP contribution in [0.5, 0.6) is 0 Å². The Morgan fingerprint density at radius 3 is 2.84 bits per heavy atom. The van der Waals surface area contributed by atoms with Gasteiger partial charge in [0.1, 0.15) is 5.84 Å². The standard InChI is InChI=1S/C22H33N5O3S/c1-2-9-27(10-3-6-25-22(29)30)21(28)16-12-19-18(26-20(23)13-16)14-17(31-19)11-15-4-7-24-8-5-15/h12,14-15,24-25H,2-11,13H2,1H3,(H2,23,26)(H,29,30). The molecular formula is C22H33N5O3S. The Morgan fingerprint density at radius 2 is 2.13 bits per heavy atom. The molecule has 5 N–H and O–H groups in total. The summed E-state index contributed by atoms with van der Waals surface area (Å²) in [5.41, 5.74) is 7.67. The van der Waals surface area contributed by atoms with E-state index in [1.807, 2.05) is 13.0 Å². The number of aliphatic imine (C=N–C) groups is 1. The van der Waals surface area contributed by atoms with E-state index in [1.165, 1.54) is 17.7 Å². The smallest absolute Gasteiger partial charge is 0.404 e. The van der Waals surface area contributed by atoms with Crippen LogP contribution in [0, 0.1) is 5.92 Å². The van der Waals surface area contributed by atoms with Crippen molar-refractivity contribution in [2.75, 3.05) is 32.7 Å². The van der Waals surface area contributed by atoms with Gasteiger partial charge in [-0.1, -0.05) is 6.92 Å². The van der Waals surface area contributed by atoms with Crippen molar-refractivity contribution in [3.8, 4) is 0 Å². The lowest BCUT2D eigenvalue weighted by atomic mass is 9.94. The minimum Gasteiger partial charge on any atom is -0.465 e. The lowest BCUT2D eigenvalue weighted by Crippen LogP contribution is -2.36. The summed E-state index contributed by atoms with van der Waals surface area (Å²) in [5.74, 6) is 1.10. The zero-order chi connectivity index (χ0) is 22.2. The molecule has 170 valence electrons. The number of piperidine rings is 1. The van der Waals surface area contributed by atoms with Crippen LogP contribution in [0.1, 0.15) is 48.8 Å². The van der Waals surface area contributed by atoms with Crippen molar-refractivity contribution in [2.24, 2.45) is 16.6 Å². The Balaban J connectivity index is 1.72. The molecule has 31 heavy (non-hydrogen) atoms. The third kappa shape index (κ3) is 6.80. The SMILES string of the molecule is CCCN(CCCNC(=O)O)C(=O)C1=Cc2sc(CC3CCNCC3)cc2N=C(N)C1. The van der Waals surface area contributed by atoms with E-state index in [2.05, 4.69) is 21.7 Å². The minimum atomic E-state index is -1.05. The van der Waals surface area contributed by atoms with E-state index in [0.29, 0.717) is 49.8 Å². The molecule has 3 rings (SSSR count). The number of hydrogen-bond donors (Lipinski definition) is 4. The van der Waals surface area contributed by atoms with Gasteiger partial charge in [0.05, 0.1) is 10.6 Å². The highest BCUT2D eigenvalue weighted by Crippen LogP contribution is 2.36. The molecule has 9 heteroatoms. The number of nitrogens with two attached hydrogens (primary N) is 1. The maximum Gasteiger partial charge on any atom is 0.404 e. The molecule has 0 spiro atoms. The largest absolute Gasteiger partial charge is 0.465 e. The van der Waals surface area contributed by atoms with Crippen molar-refractivity contribution in [3.63, 3.8) is 0 Å². The summed E-state index contributed by atoms with van der Waals surface area (Å²) >= 11 is 1.71. The molecule has 1 aromatic rings. The molecule has 2 aliphatic heterocycles. The van der Waals surface area contributed by atoms with Crippen LogP contribution in [0.2, 0.25) is 0 Å². The summed E-state index contributed by atoms with van der Waals surface area (Å²) < 4.78 is 0. The maximum atomic E-state index is 13.3. The monoisotopic (exact) mass is 447 g/mol. The van der Waals surface area contributed by atoms with Crippen molar-refractivity contribution in [2.45, 2.75) is 45.4 Å². The number of hydrogen-bond acceptors (Lipinski definition) is 6. The van der Waals surface area contributed by atoms with E-state index in [4.69, 9.17) is 10.8 Å². The van der Waals surface area contributed by atoms with Crippen LogP contribution in [0.3, 0.4) is 0 Å². The molecule has 2 amide bonds. The number of fused-ring (bicyclic) bond motifs is 1. The molecule has 0 bridgehead atoms. The van der Waals surface area contributed by atoms with Gasteiger partial charge in [0.15, 0.2) is 0 Å². The number of rotatable bonds is 9. The van der Waals surface area contributed by atoms with Gasteiger partial charge in [-0.3, -0.25) is 4.79 Å². The fraction of sp³-hybridized carbons (Fsp3) is 0.591. The lowest BCUT2D eigenvalue weighted by Gasteiger charge is -2.23. The number of thiophene rings is 1. The van der Waals surface area contributed by atoms with Crippen molar-refractivity contribution < 1.29 is 14.7 Å². The first-order valence-corrected chi connectivity index (χ1v) is 11.9. The fourth-order valence-electron chi connectivity index (χ4n) is 4.10. The first kappa shape index (κ1) is 23.3. The number of nitrogens with one attached hydrogen (secondary N) is 2. The first-order valence-electron chi connectivity index (χ1n) is 11.1. The molecule has 0 aromatic carbocycles. The predicted octanol–water partition coefficient (Wildman–Crippen LogP) is 2.96. The molecule has 0 atom stereocenters. The second kappa shape index (κ2) is 11.3. The number of amidine groups is 1. The Bertz CT molecular complexity index is 842. The van der Waals surface area contributed by atoms with E-state index in [1.54, 1.807) is 16.2 Å². The predicted molar refractivity (Wildman–Crippen MR) is 125 cm³/mol. The van der Waals surface area contributed by atoms with E-state index in [0.717, 1.165) is 36.5 Å². The molecule has 1 aromatic heterocycles. The van der Waals surface area contributed by atoms with Gasteiger partial charge < -0.3 is 26.4 Å². The van der Waals surface area contributed by atoms with Gasteiger partial charge in [0, 0.05) is 36.5 Å². The Labute approximate surface area is 187 Å². The van der Waals surface area contributed by atoms with Crippen molar-refractivity contribution >= 4 is 40.9 Å². The quantitative estimate of drug-likeness (QED) is 0.434. The van der Waals surface area contributed by atoms with E-state index in [9.17, 15) is 9.59 Å². The summed E-state index contributed by atoms with van der Waals surface area (Å²) in [6.45, 7) is 5.62. The molecule has 0 radical (unpaired) electrons. The zero-order valence-electron chi connectivity index (χ0n) is 18.2. The van der Waals surface area contributed by atoms with Crippen LogP contribution in [-0.2, 0) is 11.2 Å². The number of carboxylic acid groups (broad SMARTS) is 1. The van der Waals surface area contributed by atoms with Gasteiger partial charge >= 0.3 is 6.09 Å². The molecule has 1 fully saturated rings. The van der Waals surface area contributed by atoms with E-state index >= 15 is 0 Å². The van der Waals surface area contributed by atoms with Crippen LogP contribution in [0.25, 0.3) is 6.08 Å². The maximum absolute atomic E-state index is 13.3. The average molecular weight is 448 g/mol. The number of carbonyl (C=O) groups is 2. The molecule has 1 saturated heterocycles. The van der Waals surface area contributed by atoms with Gasteiger partial charge in [-0.05, 0) is 63.3 Å². The van der Waals surface area contributed by atoms with Crippen LogP contribution in [0.4, 0.5) is 10.5 Å². The highest BCUT2D eigenvalue weighted by Gasteiger charge is 2.23. The van der Waals surface area contributed by atoms with Crippen molar-refractivity contribution in [1.82, 2.24) is 15.5 Å². The van der Waals surface area contributed by atoms with Gasteiger partial charge in [-0.2, -0.15) is 0 Å². The van der Waals surface area contributed by atoms with E-state index in [-0.39, 0.29) is 5.91 Å². The molecule has 8 nitrogen and oxygen atoms in total. The fourth-order valence-corrected chi connectivity index (χ4v) is 5.28. The summed E-state index contributed by atoms with van der Waals surface area (Å²) in [6.07, 6.45) is 6.07. The topological polar surface area (TPSA) is 120 Å². The lowest BCUT2D eigenvalue weighted by molar-refractivity contribution is -0.127.